The summed E-state index contributed by atoms with van der Waals surface area (Å²) in [7, 11) is 0. The van der Waals surface area contributed by atoms with E-state index in [1.807, 2.05) is 6.07 Å². The minimum Gasteiger partial charge on any atom is -0.461 e. The van der Waals surface area contributed by atoms with Gasteiger partial charge in [-0.3, -0.25) is 0 Å². The van der Waals surface area contributed by atoms with Gasteiger partial charge in [0.2, 0.25) is 4.96 Å². The number of ether oxygens (including phenoxy) is 1. The van der Waals surface area contributed by atoms with Crippen LogP contribution in [0.1, 0.15) is 46.9 Å². The van der Waals surface area contributed by atoms with E-state index in [1.165, 1.54) is 15.9 Å². The average Bonchev–Trinajstić information content (AvgIpc) is 3.02. The Morgan fingerprint density at radius 1 is 1.67 bits per heavy atom. The topological polar surface area (TPSA) is 80.3 Å². The molecule has 1 aliphatic rings. The maximum Gasteiger partial charge on any atom is 0.360 e. The summed E-state index contributed by atoms with van der Waals surface area (Å²) in [5.74, 6) is -0.0611. The Bertz CT molecular complexity index is 662. The van der Waals surface area contributed by atoms with Crippen LogP contribution in [0.2, 0.25) is 0 Å². The first-order valence-corrected chi connectivity index (χ1v) is 6.53. The van der Waals surface area contributed by atoms with E-state index < -0.39 is 5.97 Å². The van der Waals surface area contributed by atoms with Gasteiger partial charge < -0.3 is 4.74 Å². The first kappa shape index (κ1) is 11.2. The molecule has 1 aliphatic carbocycles. The third-order valence-corrected chi connectivity index (χ3v) is 3.79. The van der Waals surface area contributed by atoms with Gasteiger partial charge in [-0.15, -0.1) is 0 Å². The van der Waals surface area contributed by atoms with Crippen molar-refractivity contribution in [1.29, 1.82) is 5.26 Å². The quantitative estimate of drug-likeness (QED) is 0.787. The van der Waals surface area contributed by atoms with Crippen LogP contribution in [0.15, 0.2) is 0 Å². The molecule has 0 bridgehead atoms. The predicted molar refractivity (Wildman–Crippen MR) is 63.5 cm³/mol. The second-order valence-corrected chi connectivity index (χ2v) is 5.04. The van der Waals surface area contributed by atoms with E-state index in [2.05, 4.69) is 10.1 Å². The van der Waals surface area contributed by atoms with E-state index in [9.17, 15) is 4.79 Å². The molecule has 0 unspecified atom stereocenters. The molecule has 1 fully saturated rings. The van der Waals surface area contributed by atoms with Crippen LogP contribution in [-0.2, 0) is 4.74 Å². The summed E-state index contributed by atoms with van der Waals surface area (Å²) in [5, 5.41) is 14.5. The Morgan fingerprint density at radius 3 is 3.06 bits per heavy atom. The van der Waals surface area contributed by atoms with Crippen LogP contribution in [-0.4, -0.2) is 27.2 Å². The molecular weight excluding hydrogens is 252 g/mol. The summed E-state index contributed by atoms with van der Waals surface area (Å²) in [6.07, 6.45) is 2.28. The number of hydrogen-bond donors (Lipinski definition) is 0. The summed E-state index contributed by atoms with van der Waals surface area (Å²) < 4.78 is 6.32. The number of fused-ring (bicyclic) bond motifs is 1. The van der Waals surface area contributed by atoms with Gasteiger partial charge in [0.25, 0.3) is 0 Å². The first-order valence-electron chi connectivity index (χ1n) is 5.71. The summed E-state index contributed by atoms with van der Waals surface area (Å²) in [5.41, 5.74) is 0.215. The number of esters is 1. The van der Waals surface area contributed by atoms with Crippen molar-refractivity contribution >= 4 is 22.3 Å². The monoisotopic (exact) mass is 262 g/mol. The maximum absolute atomic E-state index is 11.7. The molecule has 3 rings (SSSR count). The van der Waals surface area contributed by atoms with Gasteiger partial charge in [-0.2, -0.15) is 14.9 Å². The summed E-state index contributed by atoms with van der Waals surface area (Å²) in [6, 6.07) is 1.97. The van der Waals surface area contributed by atoms with Crippen molar-refractivity contribution in [3.05, 3.63) is 16.4 Å². The minimum atomic E-state index is -0.570. The zero-order valence-electron chi connectivity index (χ0n) is 9.71. The lowest BCUT2D eigenvalue weighted by Gasteiger charge is -1.97. The molecule has 0 aromatic carbocycles. The minimum absolute atomic E-state index is 0.0560. The molecule has 92 valence electrons. The third kappa shape index (κ3) is 1.66. The number of nitrogens with zero attached hydrogens (tertiary/aromatic N) is 4. The zero-order valence-corrected chi connectivity index (χ0v) is 10.5. The van der Waals surface area contributed by atoms with E-state index in [0.717, 1.165) is 17.8 Å². The number of carbonyl (C=O) groups excluding carboxylic acids is 1. The fourth-order valence-electron chi connectivity index (χ4n) is 1.70. The van der Waals surface area contributed by atoms with Crippen molar-refractivity contribution in [2.45, 2.75) is 25.7 Å². The predicted octanol–water partition coefficient (Wildman–Crippen LogP) is 1.72. The fraction of sp³-hybridized carbons (Fsp3) is 0.455. The molecule has 2 aromatic rings. The Hall–Kier alpha value is -1.94. The molecule has 0 amide bonds. The van der Waals surface area contributed by atoms with E-state index in [-0.39, 0.29) is 18.0 Å². The highest BCUT2D eigenvalue weighted by molar-refractivity contribution is 7.16. The number of carbonyl (C=O) groups is 1. The van der Waals surface area contributed by atoms with E-state index in [0.29, 0.717) is 10.9 Å². The molecule has 2 heterocycles. The number of rotatable bonds is 3. The van der Waals surface area contributed by atoms with Gasteiger partial charge >= 0.3 is 5.97 Å². The molecule has 6 nitrogen and oxygen atoms in total. The lowest BCUT2D eigenvalue weighted by atomic mass is 10.3. The molecule has 2 aromatic heterocycles. The summed E-state index contributed by atoms with van der Waals surface area (Å²) in [6.45, 7) is 1.97. The maximum atomic E-state index is 11.7. The third-order valence-electron chi connectivity index (χ3n) is 2.72. The van der Waals surface area contributed by atoms with Gasteiger partial charge in [0.05, 0.1) is 6.61 Å². The Balaban J connectivity index is 2.08. The second kappa shape index (κ2) is 4.07. The molecule has 18 heavy (non-hydrogen) atoms. The van der Waals surface area contributed by atoms with Crippen LogP contribution in [0.3, 0.4) is 0 Å². The molecule has 0 aliphatic heterocycles. The summed E-state index contributed by atoms with van der Waals surface area (Å²) in [4.78, 5) is 16.4. The van der Waals surface area contributed by atoms with Gasteiger partial charge in [0.15, 0.2) is 11.4 Å². The van der Waals surface area contributed by atoms with Crippen LogP contribution in [0.4, 0.5) is 0 Å². The van der Waals surface area contributed by atoms with Gasteiger partial charge in [0, 0.05) is 5.92 Å². The van der Waals surface area contributed by atoms with Gasteiger partial charge in [-0.1, -0.05) is 11.3 Å². The average molecular weight is 262 g/mol. The van der Waals surface area contributed by atoms with Crippen LogP contribution in [0.5, 0.6) is 0 Å². The molecule has 0 radical (unpaired) electrons. The van der Waals surface area contributed by atoms with Crippen LogP contribution in [0.25, 0.3) is 4.96 Å². The van der Waals surface area contributed by atoms with Crippen LogP contribution in [0, 0.1) is 11.3 Å². The number of aromatic nitrogens is 3. The molecular formula is C11H10N4O2S. The van der Waals surface area contributed by atoms with E-state index in [4.69, 9.17) is 10.00 Å². The lowest BCUT2D eigenvalue weighted by molar-refractivity contribution is 0.0520. The molecule has 0 saturated heterocycles. The lowest BCUT2D eigenvalue weighted by Crippen LogP contribution is -2.07. The van der Waals surface area contributed by atoms with E-state index in [1.54, 1.807) is 6.92 Å². The molecule has 0 spiro atoms. The number of imidazole rings is 1. The highest BCUT2D eigenvalue weighted by Crippen LogP contribution is 2.42. The van der Waals surface area contributed by atoms with Crippen molar-refractivity contribution in [3.8, 4) is 6.07 Å². The highest BCUT2D eigenvalue weighted by atomic mass is 32.1. The largest absolute Gasteiger partial charge is 0.461 e. The van der Waals surface area contributed by atoms with Gasteiger partial charge in [-0.25, -0.2) is 9.78 Å². The smallest absolute Gasteiger partial charge is 0.360 e. The Morgan fingerprint density at radius 2 is 2.44 bits per heavy atom. The first-order chi connectivity index (χ1) is 8.74. The van der Waals surface area contributed by atoms with Gasteiger partial charge in [0.1, 0.15) is 11.1 Å². The zero-order chi connectivity index (χ0) is 12.7. The van der Waals surface area contributed by atoms with Crippen molar-refractivity contribution < 1.29 is 9.53 Å². The molecule has 0 N–H and O–H groups in total. The van der Waals surface area contributed by atoms with Crippen molar-refractivity contribution in [2.75, 3.05) is 6.61 Å². The number of hydrogen-bond acceptors (Lipinski definition) is 6. The van der Waals surface area contributed by atoms with Crippen LogP contribution < -0.4 is 0 Å². The normalized spacial score (nSPS) is 14.7. The Labute approximate surface area is 107 Å². The molecule has 7 heteroatoms. The van der Waals surface area contributed by atoms with Crippen molar-refractivity contribution in [3.63, 3.8) is 0 Å². The molecule has 1 saturated carbocycles. The fourth-order valence-corrected chi connectivity index (χ4v) is 2.77. The SMILES string of the molecule is CCOC(=O)c1nc2sc(C3CC3)nn2c1C#N. The Kier molecular flexibility index (Phi) is 2.52. The molecule has 0 atom stereocenters. The summed E-state index contributed by atoms with van der Waals surface area (Å²) >= 11 is 1.44. The number of nitriles is 1. The van der Waals surface area contributed by atoms with Crippen molar-refractivity contribution in [1.82, 2.24) is 14.6 Å². The van der Waals surface area contributed by atoms with E-state index >= 15 is 0 Å². The van der Waals surface area contributed by atoms with Crippen molar-refractivity contribution in [2.24, 2.45) is 0 Å². The van der Waals surface area contributed by atoms with Gasteiger partial charge in [-0.05, 0) is 19.8 Å². The highest BCUT2D eigenvalue weighted by Gasteiger charge is 2.30. The van der Waals surface area contributed by atoms with Crippen LogP contribution >= 0.6 is 11.3 Å². The standard InChI is InChI=1S/C11H10N4O2S/c1-2-17-10(16)8-7(5-12)15-11(13-8)18-9(14-15)6-3-4-6/h6H,2-4H2,1H3. The second-order valence-electron chi connectivity index (χ2n) is 4.05.